The molecule has 0 radical (unpaired) electrons. The van der Waals surface area contributed by atoms with Crippen LogP contribution in [0.1, 0.15) is 12.8 Å². The minimum Gasteiger partial charge on any atom is -0.427 e. The van der Waals surface area contributed by atoms with E-state index in [1.54, 1.807) is 52.1 Å². The SMILES string of the molecule is O=C(CCCSSc1ccccn1)Oc1ccc(Cl)cc1. The summed E-state index contributed by atoms with van der Waals surface area (Å²) in [7, 11) is 3.30. The number of halogens is 1. The van der Waals surface area contributed by atoms with Crippen LogP contribution in [0.3, 0.4) is 0 Å². The van der Waals surface area contributed by atoms with Gasteiger partial charge in [-0.15, -0.1) is 0 Å². The topological polar surface area (TPSA) is 39.2 Å². The van der Waals surface area contributed by atoms with Gasteiger partial charge in [0.2, 0.25) is 0 Å². The minimum absolute atomic E-state index is 0.222. The van der Waals surface area contributed by atoms with Crippen molar-refractivity contribution in [2.45, 2.75) is 17.9 Å². The number of carbonyl (C=O) groups is 1. The second kappa shape index (κ2) is 8.97. The third kappa shape index (κ3) is 6.42. The standard InChI is InChI=1S/C15H14ClNO2S2/c16-12-6-8-13(9-7-12)19-15(18)5-3-11-20-21-14-4-1-2-10-17-14/h1-2,4,6-10H,3,5,11H2. The average Bonchev–Trinajstić information content (AvgIpc) is 2.50. The zero-order valence-corrected chi connectivity index (χ0v) is 13.6. The second-order valence-corrected chi connectivity index (χ2v) is 6.98. The fraction of sp³-hybridized carbons (Fsp3) is 0.200. The van der Waals surface area contributed by atoms with Crippen LogP contribution < -0.4 is 4.74 Å². The highest BCUT2D eigenvalue weighted by Gasteiger charge is 2.05. The molecule has 0 unspecified atom stereocenters. The summed E-state index contributed by atoms with van der Waals surface area (Å²) >= 11 is 5.77. The molecule has 1 aromatic carbocycles. The summed E-state index contributed by atoms with van der Waals surface area (Å²) < 4.78 is 5.21. The Hall–Kier alpha value is -1.17. The van der Waals surface area contributed by atoms with Gasteiger partial charge < -0.3 is 4.74 Å². The first-order valence-electron chi connectivity index (χ1n) is 6.41. The molecule has 0 saturated carbocycles. The van der Waals surface area contributed by atoms with Crippen molar-refractivity contribution in [3.63, 3.8) is 0 Å². The lowest BCUT2D eigenvalue weighted by atomic mass is 10.3. The summed E-state index contributed by atoms with van der Waals surface area (Å²) in [5.74, 6) is 1.18. The van der Waals surface area contributed by atoms with Gasteiger partial charge in [0, 0.05) is 23.4 Å². The average molecular weight is 340 g/mol. The van der Waals surface area contributed by atoms with E-state index >= 15 is 0 Å². The first-order chi connectivity index (χ1) is 10.2. The van der Waals surface area contributed by atoms with Crippen molar-refractivity contribution in [2.24, 2.45) is 0 Å². The van der Waals surface area contributed by atoms with Gasteiger partial charge in [0.1, 0.15) is 10.8 Å². The molecular formula is C15H14ClNO2S2. The normalized spacial score (nSPS) is 10.3. The van der Waals surface area contributed by atoms with Crippen LogP contribution in [-0.2, 0) is 4.79 Å². The van der Waals surface area contributed by atoms with Crippen molar-refractivity contribution in [2.75, 3.05) is 5.75 Å². The molecule has 0 saturated heterocycles. The Labute approximate surface area is 136 Å². The number of esters is 1. The Morgan fingerprint density at radius 3 is 2.71 bits per heavy atom. The number of carbonyl (C=O) groups excluding carboxylic acids is 1. The molecule has 0 aliphatic carbocycles. The van der Waals surface area contributed by atoms with E-state index in [1.165, 1.54) is 0 Å². The van der Waals surface area contributed by atoms with E-state index in [0.29, 0.717) is 17.2 Å². The Morgan fingerprint density at radius 1 is 1.19 bits per heavy atom. The van der Waals surface area contributed by atoms with Crippen molar-refractivity contribution < 1.29 is 9.53 Å². The number of aromatic nitrogens is 1. The highest BCUT2D eigenvalue weighted by molar-refractivity contribution is 8.76. The molecular weight excluding hydrogens is 326 g/mol. The second-order valence-electron chi connectivity index (χ2n) is 4.10. The van der Waals surface area contributed by atoms with Gasteiger partial charge in [-0.1, -0.05) is 28.5 Å². The quantitative estimate of drug-likeness (QED) is 0.312. The zero-order valence-electron chi connectivity index (χ0n) is 11.2. The van der Waals surface area contributed by atoms with E-state index in [0.717, 1.165) is 17.2 Å². The van der Waals surface area contributed by atoms with E-state index in [2.05, 4.69) is 4.98 Å². The van der Waals surface area contributed by atoms with Crippen molar-refractivity contribution >= 4 is 39.2 Å². The van der Waals surface area contributed by atoms with Crippen molar-refractivity contribution in [1.82, 2.24) is 4.98 Å². The molecule has 110 valence electrons. The van der Waals surface area contributed by atoms with E-state index in [4.69, 9.17) is 16.3 Å². The van der Waals surface area contributed by atoms with E-state index in [1.807, 2.05) is 18.2 Å². The zero-order chi connectivity index (χ0) is 14.9. The van der Waals surface area contributed by atoms with Crippen LogP contribution in [0.5, 0.6) is 5.75 Å². The predicted octanol–water partition coefficient (Wildman–Crippen LogP) is 4.86. The fourth-order valence-corrected chi connectivity index (χ4v) is 3.55. The molecule has 0 N–H and O–H groups in total. The van der Waals surface area contributed by atoms with E-state index in [-0.39, 0.29) is 5.97 Å². The Morgan fingerprint density at radius 2 is 2.00 bits per heavy atom. The molecule has 0 aliphatic rings. The van der Waals surface area contributed by atoms with Crippen molar-refractivity contribution in [1.29, 1.82) is 0 Å². The lowest BCUT2D eigenvalue weighted by Crippen LogP contribution is -2.07. The molecule has 6 heteroatoms. The van der Waals surface area contributed by atoms with E-state index < -0.39 is 0 Å². The van der Waals surface area contributed by atoms with Crippen LogP contribution >= 0.6 is 33.2 Å². The maximum atomic E-state index is 11.6. The van der Waals surface area contributed by atoms with Crippen LogP contribution in [0.4, 0.5) is 0 Å². The molecule has 2 aromatic rings. The summed E-state index contributed by atoms with van der Waals surface area (Å²) in [6.45, 7) is 0. The van der Waals surface area contributed by atoms with Gasteiger partial charge in [-0.25, -0.2) is 4.98 Å². The maximum Gasteiger partial charge on any atom is 0.311 e. The number of pyridine rings is 1. The molecule has 3 nitrogen and oxygen atoms in total. The summed E-state index contributed by atoms with van der Waals surface area (Å²) in [5, 5.41) is 1.60. The van der Waals surface area contributed by atoms with Gasteiger partial charge in [-0.2, -0.15) is 0 Å². The fourth-order valence-electron chi connectivity index (χ4n) is 1.46. The molecule has 0 aliphatic heterocycles. The molecule has 1 aromatic heterocycles. The molecule has 0 bridgehead atoms. The van der Waals surface area contributed by atoms with Crippen LogP contribution in [-0.4, -0.2) is 16.7 Å². The highest BCUT2D eigenvalue weighted by Crippen LogP contribution is 2.29. The summed E-state index contributed by atoms with van der Waals surface area (Å²) in [5.41, 5.74) is 0. The summed E-state index contributed by atoms with van der Waals surface area (Å²) in [6, 6.07) is 12.6. The molecule has 1 heterocycles. The number of hydrogen-bond donors (Lipinski definition) is 0. The lowest BCUT2D eigenvalue weighted by molar-refractivity contribution is -0.134. The first-order valence-corrected chi connectivity index (χ1v) is 9.10. The van der Waals surface area contributed by atoms with Gasteiger partial charge in [0.05, 0.1) is 0 Å². The van der Waals surface area contributed by atoms with Gasteiger partial charge in [0.25, 0.3) is 0 Å². The minimum atomic E-state index is -0.222. The number of benzene rings is 1. The van der Waals surface area contributed by atoms with Gasteiger partial charge in [-0.3, -0.25) is 4.79 Å². The number of rotatable bonds is 7. The number of hydrogen-bond acceptors (Lipinski definition) is 5. The van der Waals surface area contributed by atoms with Crippen LogP contribution in [0.15, 0.2) is 53.7 Å². The van der Waals surface area contributed by atoms with Gasteiger partial charge >= 0.3 is 5.97 Å². The predicted molar refractivity (Wildman–Crippen MR) is 88.9 cm³/mol. The van der Waals surface area contributed by atoms with Crippen molar-refractivity contribution in [3.8, 4) is 5.75 Å². The summed E-state index contributed by atoms with van der Waals surface area (Å²) in [4.78, 5) is 15.9. The van der Waals surface area contributed by atoms with Crippen LogP contribution in [0.2, 0.25) is 5.02 Å². The smallest absolute Gasteiger partial charge is 0.311 e. The van der Waals surface area contributed by atoms with Gasteiger partial charge in [-0.05, 0) is 53.6 Å². The Balaban J connectivity index is 1.60. The third-order valence-electron chi connectivity index (χ3n) is 2.44. The molecule has 21 heavy (non-hydrogen) atoms. The largest absolute Gasteiger partial charge is 0.427 e. The molecule has 2 rings (SSSR count). The third-order valence-corrected chi connectivity index (χ3v) is 5.04. The summed E-state index contributed by atoms with van der Waals surface area (Å²) in [6.07, 6.45) is 2.95. The Kier molecular flexibility index (Phi) is 6.92. The van der Waals surface area contributed by atoms with Crippen LogP contribution in [0.25, 0.3) is 0 Å². The first kappa shape index (κ1) is 16.2. The Bertz CT molecular complexity index is 564. The molecule has 0 amide bonds. The maximum absolute atomic E-state index is 11.6. The van der Waals surface area contributed by atoms with Crippen molar-refractivity contribution in [3.05, 3.63) is 53.7 Å². The molecule has 0 fully saturated rings. The lowest BCUT2D eigenvalue weighted by Gasteiger charge is -2.04. The van der Waals surface area contributed by atoms with Crippen LogP contribution in [0, 0.1) is 0 Å². The number of ether oxygens (including phenoxy) is 1. The highest BCUT2D eigenvalue weighted by atomic mass is 35.5. The molecule has 0 spiro atoms. The van der Waals surface area contributed by atoms with E-state index in [9.17, 15) is 4.79 Å². The molecule has 0 atom stereocenters. The number of nitrogens with zero attached hydrogens (tertiary/aromatic N) is 1. The van der Waals surface area contributed by atoms with Gasteiger partial charge in [0.15, 0.2) is 0 Å². The monoisotopic (exact) mass is 339 g/mol.